The van der Waals surface area contributed by atoms with E-state index in [4.69, 9.17) is 0 Å². The van der Waals surface area contributed by atoms with Crippen LogP contribution in [0.15, 0.2) is 53.9 Å². The van der Waals surface area contributed by atoms with Crippen molar-refractivity contribution < 1.29 is 8.42 Å². The van der Waals surface area contributed by atoms with Crippen LogP contribution >= 0.6 is 0 Å². The minimum atomic E-state index is -3.42. The summed E-state index contributed by atoms with van der Waals surface area (Å²) in [5.74, 6) is 0. The van der Waals surface area contributed by atoms with Crippen LogP contribution in [0.5, 0.6) is 0 Å². The lowest BCUT2D eigenvalue weighted by molar-refractivity contribution is 0.603. The minimum Gasteiger partial charge on any atom is -0.306 e. The summed E-state index contributed by atoms with van der Waals surface area (Å²) in [6, 6.07) is 8.97. The van der Waals surface area contributed by atoms with E-state index >= 15 is 0 Å². The standard InChI is InChI=1S/C13H9N3O2S/c17-19(18)12-5-4-11(16-7-6-14-8-16)9-2-1-3-10(15-19)13(9)12/h1-8,15H. The molecule has 0 saturated heterocycles. The summed E-state index contributed by atoms with van der Waals surface area (Å²) in [5, 5.41) is 1.63. The number of hydrogen-bond acceptors (Lipinski definition) is 3. The molecule has 19 heavy (non-hydrogen) atoms. The molecule has 6 heteroatoms. The minimum absolute atomic E-state index is 0.335. The molecule has 0 unspecified atom stereocenters. The van der Waals surface area contributed by atoms with Crippen molar-refractivity contribution in [3.63, 3.8) is 0 Å². The van der Waals surface area contributed by atoms with Gasteiger partial charge in [-0.2, -0.15) is 0 Å². The summed E-state index contributed by atoms with van der Waals surface area (Å²) in [6.45, 7) is 0. The van der Waals surface area contributed by atoms with E-state index in [0.717, 1.165) is 16.5 Å². The van der Waals surface area contributed by atoms with Gasteiger partial charge in [0.1, 0.15) is 0 Å². The van der Waals surface area contributed by atoms with E-state index in [1.165, 1.54) is 0 Å². The van der Waals surface area contributed by atoms with Gasteiger partial charge in [-0.05, 0) is 18.2 Å². The lowest BCUT2D eigenvalue weighted by Crippen LogP contribution is -2.06. The first-order valence-corrected chi connectivity index (χ1v) is 7.22. The Morgan fingerprint density at radius 2 is 2.05 bits per heavy atom. The second-order valence-corrected chi connectivity index (χ2v) is 6.04. The van der Waals surface area contributed by atoms with Gasteiger partial charge in [-0.1, -0.05) is 12.1 Å². The highest BCUT2D eigenvalue weighted by Crippen LogP contribution is 2.39. The number of rotatable bonds is 1. The number of anilines is 1. The van der Waals surface area contributed by atoms with Crippen LogP contribution in [0.4, 0.5) is 5.69 Å². The molecule has 5 nitrogen and oxygen atoms in total. The van der Waals surface area contributed by atoms with E-state index in [0.29, 0.717) is 10.6 Å². The summed E-state index contributed by atoms with van der Waals surface area (Å²) in [4.78, 5) is 4.36. The second-order valence-electron chi connectivity index (χ2n) is 4.39. The van der Waals surface area contributed by atoms with E-state index in [9.17, 15) is 8.42 Å². The number of hydrogen-bond donors (Lipinski definition) is 1. The van der Waals surface area contributed by atoms with Crippen molar-refractivity contribution >= 4 is 26.5 Å². The Kier molecular flexibility index (Phi) is 1.87. The van der Waals surface area contributed by atoms with E-state index in [2.05, 4.69) is 9.71 Å². The average molecular weight is 271 g/mol. The molecule has 0 spiro atoms. The zero-order chi connectivity index (χ0) is 13.0. The highest BCUT2D eigenvalue weighted by Gasteiger charge is 2.27. The summed E-state index contributed by atoms with van der Waals surface area (Å²) < 4.78 is 28.4. The Morgan fingerprint density at radius 1 is 1.16 bits per heavy atom. The van der Waals surface area contributed by atoms with Gasteiger partial charge in [0.05, 0.1) is 22.6 Å². The molecule has 0 saturated carbocycles. The Bertz CT molecular complexity index is 899. The van der Waals surface area contributed by atoms with Crippen LogP contribution in [-0.2, 0) is 10.0 Å². The van der Waals surface area contributed by atoms with Crippen LogP contribution in [-0.4, -0.2) is 18.0 Å². The lowest BCUT2D eigenvalue weighted by Gasteiger charge is -2.07. The third-order valence-corrected chi connectivity index (χ3v) is 4.70. The van der Waals surface area contributed by atoms with Crippen molar-refractivity contribution in [1.82, 2.24) is 9.55 Å². The van der Waals surface area contributed by atoms with E-state index in [1.54, 1.807) is 30.7 Å². The summed E-state index contributed by atoms with van der Waals surface area (Å²) in [7, 11) is -3.42. The molecule has 0 atom stereocenters. The number of aromatic nitrogens is 2. The number of nitrogens with zero attached hydrogens (tertiary/aromatic N) is 2. The molecule has 3 aromatic rings. The molecule has 0 radical (unpaired) electrons. The first-order valence-electron chi connectivity index (χ1n) is 5.74. The van der Waals surface area contributed by atoms with E-state index < -0.39 is 10.0 Å². The lowest BCUT2D eigenvalue weighted by atomic mass is 10.1. The Balaban J connectivity index is 2.18. The van der Waals surface area contributed by atoms with Crippen LogP contribution in [0, 0.1) is 0 Å². The van der Waals surface area contributed by atoms with Gasteiger partial charge in [0.2, 0.25) is 0 Å². The molecule has 0 bridgehead atoms. The van der Waals surface area contributed by atoms with Crippen molar-refractivity contribution in [2.75, 3.05) is 4.72 Å². The van der Waals surface area contributed by atoms with Crippen molar-refractivity contribution in [3.8, 4) is 5.69 Å². The first-order chi connectivity index (χ1) is 9.17. The maximum Gasteiger partial charge on any atom is 0.262 e. The number of sulfonamides is 1. The molecule has 2 aromatic carbocycles. The van der Waals surface area contributed by atoms with Crippen LogP contribution in [0.25, 0.3) is 16.5 Å². The molecular weight excluding hydrogens is 262 g/mol. The van der Waals surface area contributed by atoms with Gasteiger partial charge in [-0.3, -0.25) is 4.72 Å². The van der Waals surface area contributed by atoms with Gasteiger partial charge in [0, 0.05) is 23.2 Å². The van der Waals surface area contributed by atoms with Gasteiger partial charge in [0.15, 0.2) is 0 Å². The van der Waals surface area contributed by atoms with Crippen LogP contribution in [0.1, 0.15) is 0 Å². The maximum absolute atomic E-state index is 12.0. The zero-order valence-electron chi connectivity index (χ0n) is 9.74. The quantitative estimate of drug-likeness (QED) is 0.737. The fraction of sp³-hybridized carbons (Fsp3) is 0. The molecule has 1 aromatic heterocycles. The smallest absolute Gasteiger partial charge is 0.262 e. The molecule has 94 valence electrons. The fourth-order valence-corrected chi connectivity index (χ4v) is 3.80. The largest absolute Gasteiger partial charge is 0.306 e. The molecule has 4 rings (SSSR count). The van der Waals surface area contributed by atoms with Crippen molar-refractivity contribution in [1.29, 1.82) is 0 Å². The monoisotopic (exact) mass is 271 g/mol. The van der Waals surface area contributed by atoms with Crippen molar-refractivity contribution in [3.05, 3.63) is 49.1 Å². The van der Waals surface area contributed by atoms with Crippen LogP contribution in [0.2, 0.25) is 0 Å². The van der Waals surface area contributed by atoms with Crippen LogP contribution < -0.4 is 4.72 Å². The third kappa shape index (κ3) is 1.34. The molecule has 0 fully saturated rings. The topological polar surface area (TPSA) is 64.0 Å². The Labute approximate surface area is 109 Å². The molecule has 0 aliphatic carbocycles. The number of nitrogens with one attached hydrogen (secondary N) is 1. The molecule has 0 amide bonds. The van der Waals surface area contributed by atoms with Gasteiger partial charge >= 0.3 is 0 Å². The Hall–Kier alpha value is -2.34. The SMILES string of the molecule is O=S1(=O)Nc2cccc3c(-n4ccnc4)ccc1c23. The summed E-state index contributed by atoms with van der Waals surface area (Å²) >= 11 is 0. The van der Waals surface area contributed by atoms with Gasteiger partial charge < -0.3 is 4.57 Å². The molecule has 1 N–H and O–H groups in total. The molecule has 1 aliphatic heterocycles. The fourth-order valence-electron chi connectivity index (χ4n) is 2.49. The highest BCUT2D eigenvalue weighted by atomic mass is 32.2. The van der Waals surface area contributed by atoms with Crippen molar-refractivity contribution in [2.24, 2.45) is 0 Å². The molecular formula is C13H9N3O2S. The van der Waals surface area contributed by atoms with Gasteiger partial charge in [-0.15, -0.1) is 0 Å². The van der Waals surface area contributed by atoms with Gasteiger partial charge in [0.25, 0.3) is 10.0 Å². The predicted octanol–water partition coefficient (Wildman–Crippen LogP) is 2.14. The maximum atomic E-state index is 12.0. The third-order valence-electron chi connectivity index (χ3n) is 3.30. The average Bonchev–Trinajstić information content (AvgIpc) is 2.98. The molecule has 1 aliphatic rings. The predicted molar refractivity (Wildman–Crippen MR) is 71.9 cm³/mol. The second kappa shape index (κ2) is 3.36. The van der Waals surface area contributed by atoms with E-state index in [1.807, 2.05) is 22.9 Å². The normalized spacial score (nSPS) is 15.6. The number of imidazole rings is 1. The Morgan fingerprint density at radius 3 is 2.84 bits per heavy atom. The number of benzene rings is 2. The summed E-state index contributed by atoms with van der Waals surface area (Å²) in [6.07, 6.45) is 5.22. The van der Waals surface area contributed by atoms with E-state index in [-0.39, 0.29) is 0 Å². The van der Waals surface area contributed by atoms with Gasteiger partial charge in [-0.25, -0.2) is 13.4 Å². The van der Waals surface area contributed by atoms with Crippen molar-refractivity contribution in [2.45, 2.75) is 4.90 Å². The highest BCUT2D eigenvalue weighted by molar-refractivity contribution is 7.93. The zero-order valence-corrected chi connectivity index (χ0v) is 10.6. The summed E-state index contributed by atoms with van der Waals surface area (Å²) in [5.41, 5.74) is 1.55. The van der Waals surface area contributed by atoms with Crippen LogP contribution in [0.3, 0.4) is 0 Å². The first kappa shape index (κ1) is 10.6. The molecule has 2 heterocycles.